The Morgan fingerprint density at radius 3 is 1.83 bits per heavy atom. The number of rotatable bonds is 2. The van der Waals surface area contributed by atoms with Gasteiger partial charge < -0.3 is 4.74 Å². The topological polar surface area (TPSA) is 9.23 Å². The van der Waals surface area contributed by atoms with Gasteiger partial charge in [-0.15, -0.1) is 17.0 Å². The molecule has 0 saturated carbocycles. The van der Waals surface area contributed by atoms with E-state index in [4.69, 9.17) is 4.74 Å². The molecule has 0 amide bonds. The number of ether oxygens (including phenoxy) is 1. The van der Waals surface area contributed by atoms with Crippen molar-refractivity contribution in [3.63, 3.8) is 0 Å². The van der Waals surface area contributed by atoms with Crippen molar-refractivity contribution in [1.29, 1.82) is 0 Å². The first-order valence-electron chi connectivity index (χ1n) is 14.0. The smallest absolute Gasteiger partial charge is 0.142 e. The fourth-order valence-corrected chi connectivity index (χ4v) is 6.61. The second kappa shape index (κ2) is 12.1. The Morgan fingerprint density at radius 2 is 1.02 bits per heavy atom. The van der Waals surface area contributed by atoms with Crippen LogP contribution in [0.1, 0.15) is 24.0 Å². The third-order valence-electron chi connectivity index (χ3n) is 8.05. The van der Waals surface area contributed by atoms with Crippen LogP contribution in [0.25, 0.3) is 43.1 Å². The van der Waals surface area contributed by atoms with E-state index in [-0.39, 0.29) is 17.0 Å². The Morgan fingerprint density at radius 1 is 0.439 bits per heavy atom. The summed E-state index contributed by atoms with van der Waals surface area (Å²) in [6, 6.07) is 44.7. The summed E-state index contributed by atoms with van der Waals surface area (Å²) in [6.07, 6.45) is 5.22. The summed E-state index contributed by atoms with van der Waals surface area (Å²) in [6.45, 7) is 0. The van der Waals surface area contributed by atoms with Crippen molar-refractivity contribution < 1.29 is 4.74 Å². The molecule has 7 aromatic carbocycles. The molecule has 0 fully saturated rings. The molecule has 41 heavy (non-hydrogen) atoms. The Balaban J connectivity index is 0.000000146. The molecule has 7 aromatic rings. The Kier molecular flexibility index (Phi) is 8.09. The first-order valence-corrected chi connectivity index (χ1v) is 14.8. The fraction of sp³-hybridized carbons (Fsp3) is 0.105. The average molecular weight is 662 g/mol. The zero-order valence-corrected chi connectivity index (χ0v) is 25.9. The van der Waals surface area contributed by atoms with Gasteiger partial charge in [0.15, 0.2) is 0 Å². The minimum atomic E-state index is 0. The highest BCUT2D eigenvalue weighted by Gasteiger charge is 2.13. The van der Waals surface area contributed by atoms with Crippen LogP contribution in [0.4, 0.5) is 0 Å². The molecule has 1 aliphatic carbocycles. The molecule has 0 saturated heterocycles. The minimum absolute atomic E-state index is 0. The zero-order valence-electron chi connectivity index (χ0n) is 22.6. The standard InChI is InChI=1S/C20H13BrO.C18H16.BrH/c21-20-17-10-4-2-7-15(17)12-13-19(20)22-18-11-5-8-14-6-1-3-9-16(14)18;1-3-7-15-13(5-1)9-11-18-16-8-4-2-6-14(16)10-12-17(15)18;/h1-13H;1,3,5,7,9-12H,2,4,6,8H2;1H. The van der Waals surface area contributed by atoms with E-state index in [2.05, 4.69) is 101 Å². The molecule has 0 bridgehead atoms. The van der Waals surface area contributed by atoms with Gasteiger partial charge in [0.2, 0.25) is 0 Å². The lowest BCUT2D eigenvalue weighted by Gasteiger charge is -2.18. The van der Waals surface area contributed by atoms with Gasteiger partial charge in [0, 0.05) is 5.39 Å². The number of hydrogen-bond acceptors (Lipinski definition) is 1. The summed E-state index contributed by atoms with van der Waals surface area (Å²) in [7, 11) is 0. The molecule has 1 nitrogen and oxygen atoms in total. The molecule has 0 N–H and O–H groups in total. The maximum absolute atomic E-state index is 6.18. The van der Waals surface area contributed by atoms with Crippen LogP contribution in [0, 0.1) is 0 Å². The van der Waals surface area contributed by atoms with Gasteiger partial charge in [-0.25, -0.2) is 0 Å². The van der Waals surface area contributed by atoms with Crippen molar-refractivity contribution in [1.82, 2.24) is 0 Å². The maximum Gasteiger partial charge on any atom is 0.142 e. The number of fused-ring (bicyclic) bond motifs is 7. The summed E-state index contributed by atoms with van der Waals surface area (Å²) in [5.74, 6) is 1.70. The van der Waals surface area contributed by atoms with E-state index >= 15 is 0 Å². The van der Waals surface area contributed by atoms with Crippen LogP contribution in [0.2, 0.25) is 0 Å². The van der Waals surface area contributed by atoms with E-state index in [1.165, 1.54) is 58.0 Å². The van der Waals surface area contributed by atoms with Crippen LogP contribution in [0.5, 0.6) is 11.5 Å². The summed E-state index contributed by atoms with van der Waals surface area (Å²) < 4.78 is 7.17. The number of benzene rings is 7. The highest BCUT2D eigenvalue weighted by molar-refractivity contribution is 9.10. The summed E-state index contributed by atoms with van der Waals surface area (Å²) >= 11 is 3.68. The normalized spacial score (nSPS) is 12.4. The lowest BCUT2D eigenvalue weighted by Crippen LogP contribution is -2.02. The molecular formula is C38H30Br2O. The van der Waals surface area contributed by atoms with Crippen molar-refractivity contribution in [2.75, 3.05) is 0 Å². The molecule has 202 valence electrons. The fourth-order valence-electron chi connectivity index (χ4n) is 6.04. The van der Waals surface area contributed by atoms with Crippen LogP contribution >= 0.6 is 32.9 Å². The van der Waals surface area contributed by atoms with Crippen molar-refractivity contribution in [3.05, 3.63) is 143 Å². The predicted molar refractivity (Wildman–Crippen MR) is 184 cm³/mol. The lowest BCUT2D eigenvalue weighted by molar-refractivity contribution is 0.486. The first kappa shape index (κ1) is 27.5. The minimum Gasteiger partial charge on any atom is -0.456 e. The highest BCUT2D eigenvalue weighted by Crippen LogP contribution is 2.38. The van der Waals surface area contributed by atoms with Gasteiger partial charge in [0.25, 0.3) is 0 Å². The number of halogens is 2. The van der Waals surface area contributed by atoms with E-state index in [1.54, 1.807) is 11.1 Å². The van der Waals surface area contributed by atoms with Crippen LogP contribution in [0.3, 0.4) is 0 Å². The molecule has 1 aliphatic rings. The molecule has 0 atom stereocenters. The van der Waals surface area contributed by atoms with E-state index in [0.29, 0.717) is 0 Å². The van der Waals surface area contributed by atoms with Gasteiger partial charge in [-0.1, -0.05) is 115 Å². The number of aryl methyl sites for hydroxylation is 2. The third-order valence-corrected chi connectivity index (χ3v) is 8.87. The summed E-state index contributed by atoms with van der Waals surface area (Å²) in [4.78, 5) is 0. The quantitative estimate of drug-likeness (QED) is 0.168. The largest absolute Gasteiger partial charge is 0.456 e. The molecule has 0 heterocycles. The maximum atomic E-state index is 6.18. The van der Waals surface area contributed by atoms with Crippen LogP contribution < -0.4 is 4.74 Å². The molecule has 0 aliphatic heterocycles. The molecule has 0 aromatic heterocycles. The van der Waals surface area contributed by atoms with Crippen molar-refractivity contribution in [3.8, 4) is 11.5 Å². The number of hydrogen-bond donors (Lipinski definition) is 0. The second-order valence-corrected chi connectivity index (χ2v) is 11.3. The van der Waals surface area contributed by atoms with Crippen LogP contribution in [-0.4, -0.2) is 0 Å². The molecule has 0 spiro atoms. The van der Waals surface area contributed by atoms with Crippen LogP contribution in [-0.2, 0) is 12.8 Å². The SMILES string of the molecule is Br.Brc1c(Oc2cccc3ccccc23)ccc2ccccc12.c1ccc2c(c1)ccc1c3c(ccc12)CCCC3. The van der Waals surface area contributed by atoms with E-state index < -0.39 is 0 Å². The first-order chi connectivity index (χ1) is 19.8. The van der Waals surface area contributed by atoms with Gasteiger partial charge in [-0.2, -0.15) is 0 Å². The van der Waals surface area contributed by atoms with Crippen molar-refractivity contribution in [2.24, 2.45) is 0 Å². The third kappa shape index (κ3) is 5.37. The predicted octanol–water partition coefficient (Wildman–Crippen LogP) is 12.0. The van der Waals surface area contributed by atoms with Crippen molar-refractivity contribution >= 4 is 76.0 Å². The molecular weight excluding hydrogens is 632 g/mol. The van der Waals surface area contributed by atoms with Gasteiger partial charge in [-0.05, 0) is 103 Å². The highest BCUT2D eigenvalue weighted by atomic mass is 79.9. The van der Waals surface area contributed by atoms with Gasteiger partial charge in [0.05, 0.1) is 4.47 Å². The Hall–Kier alpha value is -3.66. The van der Waals surface area contributed by atoms with E-state index in [1.807, 2.05) is 42.5 Å². The molecule has 3 heteroatoms. The van der Waals surface area contributed by atoms with E-state index in [9.17, 15) is 0 Å². The van der Waals surface area contributed by atoms with Crippen LogP contribution in [0.15, 0.2) is 132 Å². The summed E-state index contributed by atoms with van der Waals surface area (Å²) in [5.41, 5.74) is 3.17. The monoisotopic (exact) mass is 660 g/mol. The van der Waals surface area contributed by atoms with E-state index in [0.717, 1.165) is 26.7 Å². The molecule has 0 radical (unpaired) electrons. The average Bonchev–Trinajstić information content (AvgIpc) is 3.03. The molecule has 8 rings (SSSR count). The van der Waals surface area contributed by atoms with Gasteiger partial charge in [0.1, 0.15) is 11.5 Å². The summed E-state index contributed by atoms with van der Waals surface area (Å²) in [5, 5.41) is 10.3. The second-order valence-electron chi connectivity index (χ2n) is 10.5. The van der Waals surface area contributed by atoms with Crippen molar-refractivity contribution in [2.45, 2.75) is 25.7 Å². The lowest BCUT2D eigenvalue weighted by atomic mass is 9.86. The zero-order chi connectivity index (χ0) is 26.9. The van der Waals surface area contributed by atoms with Gasteiger partial charge in [-0.3, -0.25) is 0 Å². The molecule has 0 unspecified atom stereocenters. The van der Waals surface area contributed by atoms with Gasteiger partial charge >= 0.3 is 0 Å². The Bertz CT molecular complexity index is 2010. The Labute approximate surface area is 259 Å².